The van der Waals surface area contributed by atoms with Crippen LogP contribution in [0.25, 0.3) is 16.8 Å². The largest absolute Gasteiger partial charge is 0.351 e. The zero-order valence-corrected chi connectivity index (χ0v) is 18.8. The summed E-state index contributed by atoms with van der Waals surface area (Å²) in [5.74, 6) is 1.43. The summed E-state index contributed by atoms with van der Waals surface area (Å²) < 4.78 is 2.81. The molecule has 7 nitrogen and oxygen atoms in total. The van der Waals surface area contributed by atoms with Crippen LogP contribution in [0.4, 0.5) is 0 Å². The minimum atomic E-state index is -0.310. The predicted octanol–water partition coefficient (Wildman–Crippen LogP) is 3.37. The summed E-state index contributed by atoms with van der Waals surface area (Å²) in [4.78, 5) is 25.7. The Morgan fingerprint density at radius 2 is 1.90 bits per heavy atom. The summed E-state index contributed by atoms with van der Waals surface area (Å²) in [6, 6.07) is 10.1. The van der Waals surface area contributed by atoms with Crippen molar-refractivity contribution in [2.45, 2.75) is 66.0 Å². The number of aromatic nitrogens is 4. The molecule has 0 aliphatic heterocycles. The molecule has 31 heavy (non-hydrogen) atoms. The molecule has 4 rings (SSSR count). The van der Waals surface area contributed by atoms with Crippen molar-refractivity contribution in [2.75, 3.05) is 0 Å². The highest BCUT2D eigenvalue weighted by atomic mass is 16.2. The van der Waals surface area contributed by atoms with Gasteiger partial charge >= 0.3 is 0 Å². The van der Waals surface area contributed by atoms with Crippen molar-refractivity contribution in [1.29, 1.82) is 0 Å². The lowest BCUT2D eigenvalue weighted by Crippen LogP contribution is -2.46. The SMILES string of the molecule is CCc1ccc(-c2cc3c(=O)n(CC(=O)NC4CCCC(C)C4C)nc(C)n3n2)cc1. The fraction of sp³-hybridized carbons (Fsp3) is 0.500. The quantitative estimate of drug-likeness (QED) is 0.685. The van der Waals surface area contributed by atoms with E-state index < -0.39 is 0 Å². The molecule has 1 amide bonds. The second kappa shape index (κ2) is 8.65. The lowest BCUT2D eigenvalue weighted by Gasteiger charge is -2.34. The molecule has 0 spiro atoms. The molecule has 0 bridgehead atoms. The number of benzene rings is 1. The molecule has 3 unspecified atom stereocenters. The molecule has 3 aromatic rings. The van der Waals surface area contributed by atoms with Gasteiger partial charge in [0.05, 0.1) is 5.69 Å². The Morgan fingerprint density at radius 1 is 1.16 bits per heavy atom. The van der Waals surface area contributed by atoms with E-state index in [2.05, 4.69) is 48.4 Å². The maximum atomic E-state index is 13.0. The first-order chi connectivity index (χ1) is 14.9. The molecule has 7 heteroatoms. The molecule has 164 valence electrons. The van der Waals surface area contributed by atoms with Crippen molar-refractivity contribution >= 4 is 11.4 Å². The van der Waals surface area contributed by atoms with Crippen molar-refractivity contribution in [3.8, 4) is 11.3 Å². The van der Waals surface area contributed by atoms with Gasteiger partial charge < -0.3 is 5.32 Å². The van der Waals surface area contributed by atoms with Gasteiger partial charge in [-0.05, 0) is 43.2 Å². The average Bonchev–Trinajstić information content (AvgIpc) is 3.21. The van der Waals surface area contributed by atoms with E-state index in [1.807, 2.05) is 12.1 Å². The summed E-state index contributed by atoms with van der Waals surface area (Å²) >= 11 is 0. The monoisotopic (exact) mass is 421 g/mol. The van der Waals surface area contributed by atoms with Gasteiger partial charge in [-0.1, -0.05) is 57.9 Å². The fourth-order valence-electron chi connectivity index (χ4n) is 4.51. The Hall–Kier alpha value is -2.96. The van der Waals surface area contributed by atoms with Crippen LogP contribution in [0.15, 0.2) is 35.1 Å². The molecule has 1 fully saturated rings. The number of hydrogen-bond acceptors (Lipinski definition) is 4. The van der Waals surface area contributed by atoms with E-state index >= 15 is 0 Å². The number of hydrogen-bond donors (Lipinski definition) is 1. The van der Waals surface area contributed by atoms with Crippen LogP contribution < -0.4 is 10.9 Å². The molecule has 1 N–H and O–H groups in total. The normalized spacial score (nSPS) is 21.4. The van der Waals surface area contributed by atoms with E-state index in [0.717, 1.165) is 30.5 Å². The molecule has 1 aliphatic rings. The van der Waals surface area contributed by atoms with Gasteiger partial charge in [0.15, 0.2) is 0 Å². The maximum Gasteiger partial charge on any atom is 0.293 e. The number of nitrogens with one attached hydrogen (secondary N) is 1. The van der Waals surface area contributed by atoms with Crippen LogP contribution in [0.5, 0.6) is 0 Å². The molecule has 1 saturated carbocycles. The van der Waals surface area contributed by atoms with Crippen molar-refractivity contribution in [3.05, 3.63) is 52.1 Å². The zero-order valence-electron chi connectivity index (χ0n) is 18.8. The number of amides is 1. The second-order valence-corrected chi connectivity index (χ2v) is 8.83. The van der Waals surface area contributed by atoms with E-state index in [4.69, 9.17) is 0 Å². The Morgan fingerprint density at radius 3 is 2.61 bits per heavy atom. The fourth-order valence-corrected chi connectivity index (χ4v) is 4.51. The van der Waals surface area contributed by atoms with Crippen LogP contribution >= 0.6 is 0 Å². The van der Waals surface area contributed by atoms with Crippen molar-refractivity contribution in [1.82, 2.24) is 24.7 Å². The predicted molar refractivity (Wildman–Crippen MR) is 121 cm³/mol. The first-order valence-electron chi connectivity index (χ1n) is 11.2. The van der Waals surface area contributed by atoms with Crippen LogP contribution in [0.3, 0.4) is 0 Å². The van der Waals surface area contributed by atoms with Gasteiger partial charge in [-0.3, -0.25) is 9.59 Å². The third kappa shape index (κ3) is 4.27. The molecule has 2 heterocycles. The van der Waals surface area contributed by atoms with Crippen molar-refractivity contribution in [2.24, 2.45) is 11.8 Å². The molecule has 3 atom stereocenters. The van der Waals surface area contributed by atoms with Gasteiger partial charge in [0.25, 0.3) is 5.56 Å². The Kier molecular flexibility index (Phi) is 5.94. The molecule has 0 radical (unpaired) electrons. The highest BCUT2D eigenvalue weighted by Crippen LogP contribution is 2.29. The summed E-state index contributed by atoms with van der Waals surface area (Å²) in [6.45, 7) is 8.25. The Bertz CT molecular complexity index is 1150. The molecule has 2 aromatic heterocycles. The Labute approximate surface area is 182 Å². The average molecular weight is 422 g/mol. The van der Waals surface area contributed by atoms with Crippen LogP contribution in [0.2, 0.25) is 0 Å². The zero-order chi connectivity index (χ0) is 22.1. The number of fused-ring (bicyclic) bond motifs is 1. The van der Waals surface area contributed by atoms with Gasteiger partial charge in [-0.15, -0.1) is 0 Å². The highest BCUT2D eigenvalue weighted by molar-refractivity contribution is 5.76. The van der Waals surface area contributed by atoms with Gasteiger partial charge in [0.1, 0.15) is 17.9 Å². The van der Waals surface area contributed by atoms with Crippen LogP contribution in [0.1, 0.15) is 51.4 Å². The number of carbonyl (C=O) groups excluding carboxylic acids is 1. The summed E-state index contributed by atoms with van der Waals surface area (Å²) in [6.07, 6.45) is 4.28. The molecule has 1 aliphatic carbocycles. The third-order valence-corrected chi connectivity index (χ3v) is 6.74. The summed E-state index contributed by atoms with van der Waals surface area (Å²) in [5.41, 5.74) is 3.03. The first kappa shape index (κ1) is 21.3. The van der Waals surface area contributed by atoms with E-state index in [1.54, 1.807) is 17.5 Å². The molecule has 0 saturated heterocycles. The van der Waals surface area contributed by atoms with Crippen molar-refractivity contribution in [3.63, 3.8) is 0 Å². The maximum absolute atomic E-state index is 13.0. The van der Waals surface area contributed by atoms with Crippen LogP contribution in [-0.2, 0) is 17.8 Å². The minimum absolute atomic E-state index is 0.0838. The van der Waals surface area contributed by atoms with E-state index in [-0.39, 0.29) is 24.1 Å². The lowest BCUT2D eigenvalue weighted by molar-refractivity contribution is -0.123. The van der Waals surface area contributed by atoms with Gasteiger partial charge in [0, 0.05) is 11.6 Å². The molecule has 1 aromatic carbocycles. The van der Waals surface area contributed by atoms with Gasteiger partial charge in [0.2, 0.25) is 5.91 Å². The van der Waals surface area contributed by atoms with Crippen LogP contribution in [0, 0.1) is 18.8 Å². The topological polar surface area (TPSA) is 81.3 Å². The second-order valence-electron chi connectivity index (χ2n) is 8.83. The lowest BCUT2D eigenvalue weighted by atomic mass is 9.78. The van der Waals surface area contributed by atoms with E-state index in [0.29, 0.717) is 23.2 Å². The third-order valence-electron chi connectivity index (χ3n) is 6.74. The van der Waals surface area contributed by atoms with Gasteiger partial charge in [-0.25, -0.2) is 9.20 Å². The summed E-state index contributed by atoms with van der Waals surface area (Å²) in [5, 5.41) is 12.0. The van der Waals surface area contributed by atoms with Crippen molar-refractivity contribution < 1.29 is 4.79 Å². The standard InChI is InChI=1S/C24H31N5O2/c1-5-18-9-11-19(12-10-18)21-13-22-24(31)28(26-17(4)29(22)27-21)14-23(30)25-20-8-6-7-15(2)16(20)3/h9-13,15-16,20H,5-8,14H2,1-4H3,(H,25,30). The van der Waals surface area contributed by atoms with E-state index in [1.165, 1.54) is 16.7 Å². The molecular weight excluding hydrogens is 390 g/mol. The number of carbonyl (C=O) groups is 1. The number of rotatable bonds is 5. The van der Waals surface area contributed by atoms with Crippen LogP contribution in [-0.4, -0.2) is 31.3 Å². The first-order valence-corrected chi connectivity index (χ1v) is 11.2. The van der Waals surface area contributed by atoms with Gasteiger partial charge in [-0.2, -0.15) is 10.2 Å². The Balaban J connectivity index is 1.58. The van der Waals surface area contributed by atoms with E-state index in [9.17, 15) is 9.59 Å². The number of aryl methyl sites for hydroxylation is 2. The molecular formula is C24H31N5O2. The minimum Gasteiger partial charge on any atom is -0.351 e. The number of nitrogens with zero attached hydrogens (tertiary/aromatic N) is 4. The highest BCUT2D eigenvalue weighted by Gasteiger charge is 2.28. The summed E-state index contributed by atoms with van der Waals surface area (Å²) in [7, 11) is 0. The smallest absolute Gasteiger partial charge is 0.293 e.